The zero-order valence-electron chi connectivity index (χ0n) is 11.8. The summed E-state index contributed by atoms with van der Waals surface area (Å²) in [7, 11) is 0. The van der Waals surface area contributed by atoms with Gasteiger partial charge < -0.3 is 15.3 Å². The minimum atomic E-state index is -1.11. The number of aliphatic carboxylic acids is 1. The summed E-state index contributed by atoms with van der Waals surface area (Å²) in [5, 5.41) is 11.3. The Kier molecular flexibility index (Phi) is 5.49. The van der Waals surface area contributed by atoms with Gasteiger partial charge in [0.15, 0.2) is 0 Å². The molecule has 0 heterocycles. The van der Waals surface area contributed by atoms with E-state index in [1.807, 2.05) is 13.8 Å². The van der Waals surface area contributed by atoms with E-state index in [1.165, 1.54) is 6.07 Å². The van der Waals surface area contributed by atoms with E-state index in [2.05, 4.69) is 5.32 Å². The Morgan fingerprint density at radius 1 is 1.40 bits per heavy atom. The number of para-hydroxylation sites is 1. The fourth-order valence-electron chi connectivity index (χ4n) is 1.80. The molecule has 0 bridgehead atoms. The van der Waals surface area contributed by atoms with Crippen LogP contribution >= 0.6 is 0 Å². The van der Waals surface area contributed by atoms with E-state index in [1.54, 1.807) is 19.1 Å². The molecule has 1 rings (SSSR count). The minimum absolute atomic E-state index is 0.0802. The molecule has 20 heavy (non-hydrogen) atoms. The summed E-state index contributed by atoms with van der Waals surface area (Å²) in [6.45, 7) is 5.28. The van der Waals surface area contributed by atoms with Crippen LogP contribution in [0.3, 0.4) is 0 Å². The van der Waals surface area contributed by atoms with Crippen LogP contribution in [-0.2, 0) is 4.79 Å². The van der Waals surface area contributed by atoms with Crippen LogP contribution in [0.4, 0.5) is 14.9 Å². The summed E-state index contributed by atoms with van der Waals surface area (Å²) < 4.78 is 13.6. The highest BCUT2D eigenvalue weighted by molar-refractivity contribution is 5.92. The molecule has 0 saturated carbocycles. The Balaban J connectivity index is 2.87. The number of carbonyl (C=O) groups is 2. The molecular formula is C14H19FN2O3. The smallest absolute Gasteiger partial charge is 0.323 e. The Hall–Kier alpha value is -2.11. The number of aryl methyl sites for hydroxylation is 1. The SMILES string of the molecule is Cc1cccc(F)c1NC(=O)N(CC(=O)O)CC(C)C. The standard InChI is InChI=1S/C14H19FN2O3/c1-9(2)7-17(8-12(18)19)14(20)16-13-10(3)5-4-6-11(13)15/h4-6,9H,7-8H2,1-3H3,(H,16,20)(H,18,19). The third-order valence-electron chi connectivity index (χ3n) is 2.65. The molecule has 0 aliphatic carbocycles. The molecule has 110 valence electrons. The van der Waals surface area contributed by atoms with Crippen LogP contribution in [-0.4, -0.2) is 35.1 Å². The Morgan fingerprint density at radius 2 is 2.05 bits per heavy atom. The van der Waals surface area contributed by atoms with Gasteiger partial charge in [-0.2, -0.15) is 0 Å². The highest BCUT2D eigenvalue weighted by Gasteiger charge is 2.19. The summed E-state index contributed by atoms with van der Waals surface area (Å²) in [6.07, 6.45) is 0. The minimum Gasteiger partial charge on any atom is -0.480 e. The number of halogens is 1. The Bertz CT molecular complexity index is 483. The van der Waals surface area contributed by atoms with Crippen molar-refractivity contribution in [3.05, 3.63) is 29.6 Å². The largest absolute Gasteiger partial charge is 0.480 e. The second kappa shape index (κ2) is 6.88. The van der Waals surface area contributed by atoms with Crippen molar-refractivity contribution in [3.63, 3.8) is 0 Å². The zero-order valence-corrected chi connectivity index (χ0v) is 11.8. The zero-order chi connectivity index (χ0) is 15.3. The van der Waals surface area contributed by atoms with Crippen LogP contribution < -0.4 is 5.32 Å². The summed E-state index contributed by atoms with van der Waals surface area (Å²) in [6, 6.07) is 3.84. The fourth-order valence-corrected chi connectivity index (χ4v) is 1.80. The first-order chi connectivity index (χ1) is 9.31. The number of carbonyl (C=O) groups excluding carboxylic acids is 1. The van der Waals surface area contributed by atoms with Crippen molar-refractivity contribution in [2.24, 2.45) is 5.92 Å². The summed E-state index contributed by atoms with van der Waals surface area (Å²) in [5.74, 6) is -1.54. The quantitative estimate of drug-likeness (QED) is 0.872. The van der Waals surface area contributed by atoms with Gasteiger partial charge in [-0.3, -0.25) is 4.79 Å². The molecule has 1 aromatic rings. The average Bonchev–Trinajstić information content (AvgIpc) is 2.31. The lowest BCUT2D eigenvalue weighted by molar-refractivity contribution is -0.137. The first kappa shape index (κ1) is 15.9. The predicted octanol–water partition coefficient (Wildman–Crippen LogP) is 2.71. The van der Waals surface area contributed by atoms with Crippen LogP contribution in [0.1, 0.15) is 19.4 Å². The molecule has 2 amide bonds. The van der Waals surface area contributed by atoms with Crippen LogP contribution in [0.2, 0.25) is 0 Å². The number of benzene rings is 1. The van der Waals surface area contributed by atoms with E-state index in [0.717, 1.165) is 4.90 Å². The van der Waals surface area contributed by atoms with Crippen molar-refractivity contribution >= 4 is 17.7 Å². The number of hydrogen-bond acceptors (Lipinski definition) is 2. The molecule has 0 aromatic heterocycles. The van der Waals surface area contributed by atoms with Crippen LogP contribution in [0, 0.1) is 18.7 Å². The van der Waals surface area contributed by atoms with E-state index < -0.39 is 24.4 Å². The van der Waals surface area contributed by atoms with Crippen LogP contribution in [0.25, 0.3) is 0 Å². The summed E-state index contributed by atoms with van der Waals surface area (Å²) in [5.41, 5.74) is 0.662. The van der Waals surface area contributed by atoms with E-state index in [-0.39, 0.29) is 18.2 Å². The molecule has 0 fully saturated rings. The van der Waals surface area contributed by atoms with Gasteiger partial charge in [-0.05, 0) is 24.5 Å². The number of rotatable bonds is 5. The maximum atomic E-state index is 13.6. The molecule has 0 saturated heterocycles. The van der Waals surface area contributed by atoms with E-state index in [9.17, 15) is 14.0 Å². The van der Waals surface area contributed by atoms with Crippen molar-refractivity contribution in [1.29, 1.82) is 0 Å². The monoisotopic (exact) mass is 282 g/mol. The van der Waals surface area contributed by atoms with Crippen molar-refractivity contribution in [2.45, 2.75) is 20.8 Å². The van der Waals surface area contributed by atoms with Crippen LogP contribution in [0.5, 0.6) is 0 Å². The normalized spacial score (nSPS) is 10.4. The van der Waals surface area contributed by atoms with E-state index in [4.69, 9.17) is 5.11 Å². The Labute approximate surface area is 117 Å². The summed E-state index contributed by atoms with van der Waals surface area (Å²) >= 11 is 0. The molecule has 0 aliphatic rings. The molecule has 2 N–H and O–H groups in total. The lowest BCUT2D eigenvalue weighted by atomic mass is 10.2. The molecule has 1 aromatic carbocycles. The first-order valence-corrected chi connectivity index (χ1v) is 6.34. The number of urea groups is 1. The molecule has 0 spiro atoms. The van der Waals surface area contributed by atoms with Gasteiger partial charge in [0.05, 0.1) is 5.69 Å². The molecule has 5 nitrogen and oxygen atoms in total. The molecule has 0 radical (unpaired) electrons. The third kappa shape index (κ3) is 4.53. The van der Waals surface area contributed by atoms with Gasteiger partial charge in [-0.15, -0.1) is 0 Å². The average molecular weight is 282 g/mol. The molecule has 0 atom stereocenters. The van der Waals surface area contributed by atoms with Gasteiger partial charge in [0, 0.05) is 6.54 Å². The number of carboxylic acid groups (broad SMARTS) is 1. The highest BCUT2D eigenvalue weighted by Crippen LogP contribution is 2.19. The molecular weight excluding hydrogens is 263 g/mol. The summed E-state index contributed by atoms with van der Waals surface area (Å²) in [4.78, 5) is 24.0. The lowest BCUT2D eigenvalue weighted by Crippen LogP contribution is -2.41. The van der Waals surface area contributed by atoms with Crippen LogP contribution in [0.15, 0.2) is 18.2 Å². The lowest BCUT2D eigenvalue weighted by Gasteiger charge is -2.23. The van der Waals surface area contributed by atoms with Gasteiger partial charge in [-0.25, -0.2) is 9.18 Å². The number of carboxylic acids is 1. The number of nitrogens with zero attached hydrogens (tertiary/aromatic N) is 1. The van der Waals surface area contributed by atoms with Gasteiger partial charge in [0.25, 0.3) is 0 Å². The fraction of sp³-hybridized carbons (Fsp3) is 0.429. The topological polar surface area (TPSA) is 69.6 Å². The first-order valence-electron chi connectivity index (χ1n) is 6.34. The van der Waals surface area contributed by atoms with Gasteiger partial charge in [0.1, 0.15) is 12.4 Å². The predicted molar refractivity (Wildman–Crippen MR) is 74.2 cm³/mol. The van der Waals surface area contributed by atoms with Crippen molar-refractivity contribution in [1.82, 2.24) is 4.90 Å². The number of anilines is 1. The van der Waals surface area contributed by atoms with Crippen molar-refractivity contribution in [3.8, 4) is 0 Å². The highest BCUT2D eigenvalue weighted by atomic mass is 19.1. The van der Waals surface area contributed by atoms with E-state index >= 15 is 0 Å². The van der Waals surface area contributed by atoms with Gasteiger partial charge in [-0.1, -0.05) is 26.0 Å². The maximum absolute atomic E-state index is 13.6. The van der Waals surface area contributed by atoms with E-state index in [0.29, 0.717) is 5.56 Å². The van der Waals surface area contributed by atoms with Crippen molar-refractivity contribution in [2.75, 3.05) is 18.4 Å². The Morgan fingerprint density at radius 3 is 2.55 bits per heavy atom. The van der Waals surface area contributed by atoms with Crippen molar-refractivity contribution < 1.29 is 19.1 Å². The number of amides is 2. The third-order valence-corrected chi connectivity index (χ3v) is 2.65. The van der Waals surface area contributed by atoms with Gasteiger partial charge >= 0.3 is 12.0 Å². The molecule has 0 unspecified atom stereocenters. The molecule has 0 aliphatic heterocycles. The second-order valence-electron chi connectivity index (χ2n) is 5.03. The maximum Gasteiger partial charge on any atom is 0.323 e. The number of hydrogen-bond donors (Lipinski definition) is 2. The molecule has 6 heteroatoms. The van der Waals surface area contributed by atoms with Gasteiger partial charge in [0.2, 0.25) is 0 Å². The second-order valence-corrected chi connectivity index (χ2v) is 5.03. The number of nitrogens with one attached hydrogen (secondary N) is 1.